The molecule has 0 unspecified atom stereocenters. The highest BCUT2D eigenvalue weighted by atomic mass is 16.2. The van der Waals surface area contributed by atoms with Gasteiger partial charge in [-0.15, -0.1) is 0 Å². The maximum absolute atomic E-state index is 13.8. The van der Waals surface area contributed by atoms with Crippen molar-refractivity contribution in [1.29, 1.82) is 0 Å². The molecular weight excluding hydrogens is 548 g/mol. The number of imide groups is 1. The summed E-state index contributed by atoms with van der Waals surface area (Å²) in [4.78, 5) is 41.4. The van der Waals surface area contributed by atoms with Gasteiger partial charge in [-0.05, 0) is 98.4 Å². The smallest absolute Gasteiger partial charge is 0.265 e. The zero-order valence-corrected chi connectivity index (χ0v) is 25.1. The standard InChI is InChI=1S/C37H40N4O3/c38-23-27-12-14-28(15-13-27)24-40-33-18-17-32-35-30(33)10-5-11-31(35)36(43)41(37(32)44)29-9-4-8-26(22-29)16-19-34(42)39-21-20-25-6-2-1-3-7-25/h1-11,17-18,22,27-28,40H,12-16,19-21,23-24,38H2,(H,39,42). The third kappa shape index (κ3) is 6.38. The number of aryl methyl sites for hydroxylation is 1. The lowest BCUT2D eigenvalue weighted by atomic mass is 9.82. The van der Waals surface area contributed by atoms with E-state index in [-0.39, 0.29) is 17.7 Å². The molecule has 4 aromatic carbocycles. The molecule has 44 heavy (non-hydrogen) atoms. The van der Waals surface area contributed by atoms with Crippen LogP contribution in [0, 0.1) is 11.8 Å². The monoisotopic (exact) mass is 588 g/mol. The number of anilines is 2. The minimum Gasteiger partial charge on any atom is -0.384 e. The van der Waals surface area contributed by atoms with Crippen molar-refractivity contribution >= 4 is 39.9 Å². The molecule has 226 valence electrons. The van der Waals surface area contributed by atoms with Gasteiger partial charge in [-0.2, -0.15) is 0 Å². The van der Waals surface area contributed by atoms with Crippen molar-refractivity contribution in [2.45, 2.75) is 44.9 Å². The number of rotatable bonds is 11. The highest BCUT2D eigenvalue weighted by Gasteiger charge is 2.34. The molecule has 1 aliphatic carbocycles. The molecule has 0 spiro atoms. The van der Waals surface area contributed by atoms with Crippen LogP contribution in [-0.2, 0) is 17.6 Å². The molecule has 0 bridgehead atoms. The Bertz CT molecular complexity index is 1640. The SMILES string of the molecule is NCC1CCC(CNc2ccc3c4c(cccc24)C(=O)N(c2cccc(CCC(=O)NCCc4ccccc4)c2)C3=O)CC1. The largest absolute Gasteiger partial charge is 0.384 e. The van der Waals surface area contributed by atoms with Crippen LogP contribution in [0.15, 0.2) is 84.9 Å². The molecule has 4 aromatic rings. The number of hydrogen-bond donors (Lipinski definition) is 3. The summed E-state index contributed by atoms with van der Waals surface area (Å²) >= 11 is 0. The first kappa shape index (κ1) is 29.6. The Kier molecular flexibility index (Phi) is 9.03. The van der Waals surface area contributed by atoms with Crippen LogP contribution in [-0.4, -0.2) is 37.4 Å². The van der Waals surface area contributed by atoms with E-state index in [1.807, 2.05) is 72.8 Å². The van der Waals surface area contributed by atoms with E-state index in [1.54, 1.807) is 12.1 Å². The summed E-state index contributed by atoms with van der Waals surface area (Å²) in [5.41, 5.74) is 10.4. The number of carbonyl (C=O) groups excluding carboxylic acids is 3. The van der Waals surface area contributed by atoms with Gasteiger partial charge in [-0.1, -0.05) is 54.6 Å². The fourth-order valence-corrected chi connectivity index (χ4v) is 6.60. The van der Waals surface area contributed by atoms with E-state index >= 15 is 0 Å². The molecule has 0 aromatic heterocycles. The lowest BCUT2D eigenvalue weighted by molar-refractivity contribution is -0.121. The number of hydrogen-bond acceptors (Lipinski definition) is 5. The number of nitrogens with zero attached hydrogens (tertiary/aromatic N) is 1. The third-order valence-corrected chi connectivity index (χ3v) is 9.18. The van der Waals surface area contributed by atoms with Gasteiger partial charge >= 0.3 is 0 Å². The van der Waals surface area contributed by atoms with Crippen molar-refractivity contribution in [3.8, 4) is 0 Å². The Labute approximate surface area is 258 Å². The van der Waals surface area contributed by atoms with Crippen LogP contribution in [0.4, 0.5) is 11.4 Å². The van der Waals surface area contributed by atoms with Crippen LogP contribution in [0.2, 0.25) is 0 Å². The van der Waals surface area contributed by atoms with Crippen LogP contribution in [0.25, 0.3) is 10.8 Å². The number of nitrogens with two attached hydrogens (primary N) is 1. The molecule has 6 rings (SSSR count). The molecule has 1 fully saturated rings. The molecule has 0 saturated heterocycles. The first-order valence-electron chi connectivity index (χ1n) is 15.8. The Hall–Kier alpha value is -4.49. The van der Waals surface area contributed by atoms with Crippen LogP contribution in [0.3, 0.4) is 0 Å². The predicted octanol–water partition coefficient (Wildman–Crippen LogP) is 6.11. The van der Waals surface area contributed by atoms with Gasteiger partial charge < -0.3 is 16.4 Å². The second-order valence-electron chi connectivity index (χ2n) is 12.1. The minimum atomic E-state index is -0.332. The summed E-state index contributed by atoms with van der Waals surface area (Å²) < 4.78 is 0. The molecule has 1 heterocycles. The molecule has 4 N–H and O–H groups in total. The number of amides is 3. The van der Waals surface area contributed by atoms with Crippen molar-refractivity contribution in [1.82, 2.24) is 5.32 Å². The number of nitrogens with one attached hydrogen (secondary N) is 2. The number of benzene rings is 4. The van der Waals surface area contributed by atoms with Crippen LogP contribution < -0.4 is 21.3 Å². The zero-order chi connectivity index (χ0) is 30.5. The third-order valence-electron chi connectivity index (χ3n) is 9.18. The summed E-state index contributed by atoms with van der Waals surface area (Å²) in [6.45, 7) is 2.21. The van der Waals surface area contributed by atoms with Crippen LogP contribution in [0.5, 0.6) is 0 Å². The summed E-state index contributed by atoms with van der Waals surface area (Å²) in [6, 6.07) is 26.9. The van der Waals surface area contributed by atoms with E-state index in [0.29, 0.717) is 53.4 Å². The second-order valence-corrected chi connectivity index (χ2v) is 12.1. The minimum absolute atomic E-state index is 0.0234. The van der Waals surface area contributed by atoms with Gasteiger partial charge in [0.05, 0.1) is 5.69 Å². The van der Waals surface area contributed by atoms with Crippen molar-refractivity contribution in [2.75, 3.05) is 29.9 Å². The van der Waals surface area contributed by atoms with Gasteiger partial charge in [-0.25, -0.2) is 4.90 Å². The average Bonchev–Trinajstić information content (AvgIpc) is 3.06. The molecule has 0 radical (unpaired) electrons. The zero-order valence-electron chi connectivity index (χ0n) is 25.1. The maximum atomic E-state index is 13.8. The molecule has 2 aliphatic rings. The van der Waals surface area contributed by atoms with Gasteiger partial charge in [0.2, 0.25) is 5.91 Å². The van der Waals surface area contributed by atoms with E-state index in [0.717, 1.165) is 36.1 Å². The summed E-state index contributed by atoms with van der Waals surface area (Å²) in [6.07, 6.45) is 6.30. The Morgan fingerprint density at radius 2 is 1.48 bits per heavy atom. The van der Waals surface area contributed by atoms with E-state index in [4.69, 9.17) is 5.73 Å². The molecule has 1 saturated carbocycles. The fraction of sp³-hybridized carbons (Fsp3) is 0.324. The predicted molar refractivity (Wildman–Crippen MR) is 176 cm³/mol. The molecular formula is C37H40N4O3. The van der Waals surface area contributed by atoms with Crippen molar-refractivity contribution < 1.29 is 14.4 Å². The lowest BCUT2D eigenvalue weighted by Crippen LogP contribution is -2.40. The molecule has 7 nitrogen and oxygen atoms in total. The number of carbonyl (C=O) groups is 3. The summed E-state index contributed by atoms with van der Waals surface area (Å²) in [5, 5.41) is 8.20. The Balaban J connectivity index is 1.13. The highest BCUT2D eigenvalue weighted by molar-refractivity contribution is 6.36. The first-order chi connectivity index (χ1) is 21.5. The van der Waals surface area contributed by atoms with Gasteiger partial charge in [0, 0.05) is 47.1 Å². The second kappa shape index (κ2) is 13.4. The lowest BCUT2D eigenvalue weighted by Gasteiger charge is -2.29. The molecule has 7 heteroatoms. The highest BCUT2D eigenvalue weighted by Crippen LogP contribution is 2.37. The van der Waals surface area contributed by atoms with Crippen molar-refractivity contribution in [3.05, 3.63) is 107 Å². The maximum Gasteiger partial charge on any atom is 0.265 e. The normalized spacial score (nSPS) is 18.0. The van der Waals surface area contributed by atoms with Crippen LogP contribution >= 0.6 is 0 Å². The van der Waals surface area contributed by atoms with E-state index in [2.05, 4.69) is 10.6 Å². The fourth-order valence-electron chi connectivity index (χ4n) is 6.60. The van der Waals surface area contributed by atoms with Gasteiger partial charge in [0.15, 0.2) is 0 Å². The molecule has 3 amide bonds. The molecule has 0 atom stereocenters. The van der Waals surface area contributed by atoms with Crippen LogP contribution in [0.1, 0.15) is 63.9 Å². The van der Waals surface area contributed by atoms with Gasteiger partial charge in [-0.3, -0.25) is 14.4 Å². The van der Waals surface area contributed by atoms with Gasteiger partial charge in [0.1, 0.15) is 0 Å². The van der Waals surface area contributed by atoms with Gasteiger partial charge in [0.25, 0.3) is 11.8 Å². The van der Waals surface area contributed by atoms with E-state index < -0.39 is 0 Å². The van der Waals surface area contributed by atoms with Crippen molar-refractivity contribution in [2.24, 2.45) is 17.6 Å². The first-order valence-corrected chi connectivity index (χ1v) is 15.8. The summed E-state index contributed by atoms with van der Waals surface area (Å²) in [7, 11) is 0. The van der Waals surface area contributed by atoms with E-state index in [1.165, 1.54) is 36.1 Å². The molecule has 1 aliphatic heterocycles. The van der Waals surface area contributed by atoms with Crippen molar-refractivity contribution in [3.63, 3.8) is 0 Å². The van der Waals surface area contributed by atoms with E-state index in [9.17, 15) is 14.4 Å². The Morgan fingerprint density at radius 1 is 0.773 bits per heavy atom. The Morgan fingerprint density at radius 3 is 2.25 bits per heavy atom. The quantitative estimate of drug-likeness (QED) is 0.184. The average molecular weight is 589 g/mol. The summed E-state index contributed by atoms with van der Waals surface area (Å²) in [5.74, 6) is 0.546. The topological polar surface area (TPSA) is 105 Å².